The highest BCUT2D eigenvalue weighted by atomic mass is 16.5. The first-order chi connectivity index (χ1) is 15.2. The highest BCUT2D eigenvalue weighted by Crippen LogP contribution is 2.26. The fourth-order valence-corrected chi connectivity index (χ4v) is 3.73. The van der Waals surface area contributed by atoms with Crippen LogP contribution < -0.4 is 15.2 Å². The number of nitrogens with zero attached hydrogens (tertiary/aromatic N) is 5. The van der Waals surface area contributed by atoms with Gasteiger partial charge in [0.25, 0.3) is 11.5 Å². The van der Waals surface area contributed by atoms with Crippen molar-refractivity contribution in [3.8, 4) is 17.1 Å². The summed E-state index contributed by atoms with van der Waals surface area (Å²) >= 11 is 0. The SMILES string of the molecule is COc1ccc(-n2nnc3c2C(=O)N(c2ccc(-n4ccccc4=O)cc2)CC3)cc1. The van der Waals surface area contributed by atoms with E-state index >= 15 is 0 Å². The molecular weight excluding hydrogens is 394 g/mol. The molecule has 0 radical (unpaired) electrons. The van der Waals surface area contributed by atoms with Crippen molar-refractivity contribution in [2.45, 2.75) is 6.42 Å². The van der Waals surface area contributed by atoms with Gasteiger partial charge in [-0.1, -0.05) is 11.3 Å². The Morgan fingerprint density at radius 3 is 2.29 bits per heavy atom. The molecular formula is C23H19N5O3. The van der Waals surface area contributed by atoms with Crippen LogP contribution in [0.2, 0.25) is 0 Å². The predicted octanol–water partition coefficient (Wildman–Crippen LogP) is 2.63. The molecule has 8 heteroatoms. The van der Waals surface area contributed by atoms with Crippen molar-refractivity contribution in [1.29, 1.82) is 0 Å². The van der Waals surface area contributed by atoms with Crippen molar-refractivity contribution < 1.29 is 9.53 Å². The fraction of sp³-hybridized carbons (Fsp3) is 0.130. The summed E-state index contributed by atoms with van der Waals surface area (Å²) in [5, 5.41) is 8.42. The maximum Gasteiger partial charge on any atom is 0.278 e. The summed E-state index contributed by atoms with van der Waals surface area (Å²) in [7, 11) is 1.60. The molecule has 3 heterocycles. The highest BCUT2D eigenvalue weighted by molar-refractivity contribution is 6.07. The number of fused-ring (bicyclic) bond motifs is 1. The van der Waals surface area contributed by atoms with E-state index in [1.165, 1.54) is 6.07 Å². The Kier molecular flexibility index (Phi) is 4.59. The second-order valence-corrected chi connectivity index (χ2v) is 7.13. The lowest BCUT2D eigenvalue weighted by atomic mass is 10.1. The van der Waals surface area contributed by atoms with E-state index < -0.39 is 0 Å². The van der Waals surface area contributed by atoms with Gasteiger partial charge in [0.05, 0.1) is 18.5 Å². The molecule has 0 N–H and O–H groups in total. The zero-order valence-corrected chi connectivity index (χ0v) is 16.8. The molecule has 1 aliphatic rings. The number of rotatable bonds is 4. The molecule has 1 amide bonds. The molecule has 0 bridgehead atoms. The van der Waals surface area contributed by atoms with Gasteiger partial charge in [-0.2, -0.15) is 0 Å². The van der Waals surface area contributed by atoms with Gasteiger partial charge in [0.1, 0.15) is 5.75 Å². The van der Waals surface area contributed by atoms with Gasteiger partial charge in [0, 0.05) is 36.6 Å². The van der Waals surface area contributed by atoms with Crippen molar-refractivity contribution >= 4 is 11.6 Å². The first kappa shape index (κ1) is 18.8. The lowest BCUT2D eigenvalue weighted by molar-refractivity contribution is 0.0973. The molecule has 0 saturated carbocycles. The van der Waals surface area contributed by atoms with E-state index in [4.69, 9.17) is 4.74 Å². The topological polar surface area (TPSA) is 82.2 Å². The van der Waals surface area contributed by atoms with E-state index in [0.29, 0.717) is 24.4 Å². The van der Waals surface area contributed by atoms with Crippen LogP contribution in [0.3, 0.4) is 0 Å². The van der Waals surface area contributed by atoms with Crippen molar-refractivity contribution in [2.24, 2.45) is 0 Å². The quantitative estimate of drug-likeness (QED) is 0.514. The molecule has 0 aliphatic carbocycles. The third-order valence-electron chi connectivity index (χ3n) is 5.34. The Balaban J connectivity index is 1.46. The summed E-state index contributed by atoms with van der Waals surface area (Å²) in [5.41, 5.74) is 3.27. The molecule has 0 unspecified atom stereocenters. The summed E-state index contributed by atoms with van der Waals surface area (Å²) in [5.74, 6) is 0.565. The van der Waals surface area contributed by atoms with Crippen LogP contribution in [0, 0.1) is 0 Å². The van der Waals surface area contributed by atoms with Gasteiger partial charge in [-0.15, -0.1) is 5.10 Å². The Labute approximate surface area is 177 Å². The first-order valence-electron chi connectivity index (χ1n) is 9.85. The average Bonchev–Trinajstić information content (AvgIpc) is 3.25. The predicted molar refractivity (Wildman–Crippen MR) is 115 cm³/mol. The van der Waals surface area contributed by atoms with Crippen LogP contribution in [0.1, 0.15) is 16.2 Å². The van der Waals surface area contributed by atoms with Gasteiger partial charge in [0.2, 0.25) is 0 Å². The third kappa shape index (κ3) is 3.28. The molecule has 154 valence electrons. The molecule has 1 aliphatic heterocycles. The molecule has 8 nitrogen and oxygen atoms in total. The number of anilines is 1. The summed E-state index contributed by atoms with van der Waals surface area (Å²) in [4.78, 5) is 27.1. The van der Waals surface area contributed by atoms with Crippen molar-refractivity contribution in [3.63, 3.8) is 0 Å². The summed E-state index contributed by atoms with van der Waals surface area (Å²) < 4.78 is 8.33. The van der Waals surface area contributed by atoms with Crippen LogP contribution in [-0.4, -0.2) is 39.1 Å². The standard InChI is InChI=1S/C23H19N5O3/c1-31-19-11-9-18(10-12-19)28-22-20(24-25-28)13-15-27(23(22)30)17-7-5-16(6-8-17)26-14-3-2-4-21(26)29/h2-12,14H,13,15H2,1H3. The van der Waals surface area contributed by atoms with E-state index in [2.05, 4.69) is 10.3 Å². The number of aromatic nitrogens is 4. The zero-order chi connectivity index (χ0) is 21.4. The minimum atomic E-state index is -0.160. The number of hydrogen-bond donors (Lipinski definition) is 0. The molecule has 0 spiro atoms. The summed E-state index contributed by atoms with van der Waals surface area (Å²) in [6.45, 7) is 0.512. The maximum atomic E-state index is 13.3. The minimum absolute atomic E-state index is 0.108. The van der Waals surface area contributed by atoms with Gasteiger partial charge in [-0.3, -0.25) is 14.2 Å². The van der Waals surface area contributed by atoms with Crippen molar-refractivity contribution in [2.75, 3.05) is 18.6 Å². The van der Waals surface area contributed by atoms with E-state index in [1.807, 2.05) is 48.5 Å². The van der Waals surface area contributed by atoms with E-state index in [9.17, 15) is 9.59 Å². The Morgan fingerprint density at radius 2 is 1.58 bits per heavy atom. The number of ether oxygens (including phenoxy) is 1. The van der Waals surface area contributed by atoms with Crippen LogP contribution in [0.5, 0.6) is 5.75 Å². The van der Waals surface area contributed by atoms with Crippen LogP contribution in [0.4, 0.5) is 5.69 Å². The molecule has 0 saturated heterocycles. The van der Waals surface area contributed by atoms with Crippen molar-refractivity contribution in [1.82, 2.24) is 19.6 Å². The van der Waals surface area contributed by atoms with Gasteiger partial charge < -0.3 is 9.64 Å². The number of carbonyl (C=O) groups excluding carboxylic acids is 1. The van der Waals surface area contributed by atoms with E-state index in [0.717, 1.165) is 22.8 Å². The monoisotopic (exact) mass is 413 g/mol. The highest BCUT2D eigenvalue weighted by Gasteiger charge is 2.31. The maximum absolute atomic E-state index is 13.3. The van der Waals surface area contributed by atoms with E-state index in [1.54, 1.807) is 39.6 Å². The number of amides is 1. The van der Waals surface area contributed by atoms with Crippen LogP contribution in [0.25, 0.3) is 11.4 Å². The van der Waals surface area contributed by atoms with E-state index in [-0.39, 0.29) is 11.5 Å². The van der Waals surface area contributed by atoms with Gasteiger partial charge in [0.15, 0.2) is 5.69 Å². The second kappa shape index (κ2) is 7.56. The largest absolute Gasteiger partial charge is 0.497 e. The normalized spacial score (nSPS) is 13.2. The zero-order valence-electron chi connectivity index (χ0n) is 16.8. The van der Waals surface area contributed by atoms with Crippen LogP contribution in [0.15, 0.2) is 77.7 Å². The molecule has 31 heavy (non-hydrogen) atoms. The first-order valence-corrected chi connectivity index (χ1v) is 9.85. The lowest BCUT2D eigenvalue weighted by Gasteiger charge is -2.27. The van der Waals surface area contributed by atoms with Crippen LogP contribution in [-0.2, 0) is 6.42 Å². The Bertz CT molecular complexity index is 1310. The number of pyridine rings is 1. The molecule has 0 fully saturated rings. The Morgan fingerprint density at radius 1 is 0.871 bits per heavy atom. The van der Waals surface area contributed by atoms with Gasteiger partial charge in [-0.05, 0) is 54.6 Å². The number of carbonyl (C=O) groups is 1. The smallest absolute Gasteiger partial charge is 0.278 e. The molecule has 2 aromatic carbocycles. The number of hydrogen-bond acceptors (Lipinski definition) is 5. The summed E-state index contributed by atoms with van der Waals surface area (Å²) in [6, 6.07) is 19.7. The minimum Gasteiger partial charge on any atom is -0.497 e. The molecule has 2 aromatic heterocycles. The second-order valence-electron chi connectivity index (χ2n) is 7.13. The van der Waals surface area contributed by atoms with Crippen molar-refractivity contribution in [3.05, 3.63) is 94.7 Å². The lowest BCUT2D eigenvalue weighted by Crippen LogP contribution is -2.38. The fourth-order valence-electron chi connectivity index (χ4n) is 3.73. The summed E-state index contributed by atoms with van der Waals surface area (Å²) in [6.07, 6.45) is 2.33. The number of methoxy groups -OCH3 is 1. The number of benzene rings is 2. The molecule has 4 aromatic rings. The van der Waals surface area contributed by atoms with Gasteiger partial charge in [-0.25, -0.2) is 4.68 Å². The third-order valence-corrected chi connectivity index (χ3v) is 5.34. The molecule has 5 rings (SSSR count). The Hall–Kier alpha value is -4.20. The van der Waals surface area contributed by atoms with Crippen LogP contribution >= 0.6 is 0 Å². The van der Waals surface area contributed by atoms with Gasteiger partial charge >= 0.3 is 0 Å². The molecule has 0 atom stereocenters. The average molecular weight is 413 g/mol.